The molecule has 3 aromatic heterocycles. The monoisotopic (exact) mass is 377 g/mol. The summed E-state index contributed by atoms with van der Waals surface area (Å²) in [5.74, 6) is 0.329. The molecule has 1 aliphatic heterocycles. The van der Waals surface area contributed by atoms with E-state index in [2.05, 4.69) is 20.6 Å². The number of carbonyl (C=O) groups is 1. The zero-order chi connectivity index (χ0) is 16.5. The van der Waals surface area contributed by atoms with Crippen LogP contribution >= 0.6 is 23.7 Å². The number of anilines is 1. The van der Waals surface area contributed by atoms with E-state index in [-0.39, 0.29) is 18.3 Å². The molecule has 0 unspecified atom stereocenters. The first-order valence-corrected chi connectivity index (χ1v) is 8.94. The van der Waals surface area contributed by atoms with Crippen LogP contribution < -0.4 is 10.6 Å². The molecule has 0 aliphatic carbocycles. The zero-order valence-corrected chi connectivity index (χ0v) is 15.5. The largest absolute Gasteiger partial charge is 0.317 e. The molecule has 132 valence electrons. The summed E-state index contributed by atoms with van der Waals surface area (Å²) in [6.07, 6.45) is 7.80. The number of imidazole rings is 1. The van der Waals surface area contributed by atoms with Gasteiger partial charge in [-0.15, -0.1) is 23.7 Å². The summed E-state index contributed by atoms with van der Waals surface area (Å²) in [5, 5.41) is 6.88. The molecule has 0 radical (unpaired) electrons. The lowest BCUT2D eigenvalue weighted by Crippen LogP contribution is -2.26. The molecule has 2 N–H and O–H groups in total. The second-order valence-corrected chi connectivity index (χ2v) is 7.20. The predicted octanol–water partition coefficient (Wildman–Crippen LogP) is 3.24. The van der Waals surface area contributed by atoms with Gasteiger partial charge in [0.1, 0.15) is 11.3 Å². The number of piperidine rings is 1. The molecule has 8 heteroatoms. The van der Waals surface area contributed by atoms with Gasteiger partial charge in [-0.1, -0.05) is 0 Å². The van der Waals surface area contributed by atoms with Crippen molar-refractivity contribution >= 4 is 40.4 Å². The number of fused-ring (bicyclic) bond motifs is 1. The highest BCUT2D eigenvalue weighted by Gasteiger charge is 2.19. The molecule has 0 spiro atoms. The maximum Gasteiger partial charge on any atom is 0.277 e. The van der Waals surface area contributed by atoms with Gasteiger partial charge in [-0.3, -0.25) is 10.1 Å². The molecule has 1 amide bonds. The lowest BCUT2D eigenvalue weighted by Gasteiger charge is -2.20. The zero-order valence-electron chi connectivity index (χ0n) is 13.9. The third kappa shape index (κ3) is 3.84. The van der Waals surface area contributed by atoms with Gasteiger partial charge in [0, 0.05) is 23.5 Å². The SMILES string of the molecule is Cc1ccn2cc(C(=O)Nc3ncc(C4CCNCC4)s3)nc2c1.Cl. The highest BCUT2D eigenvalue weighted by molar-refractivity contribution is 7.15. The van der Waals surface area contributed by atoms with Gasteiger partial charge in [-0.2, -0.15) is 0 Å². The Labute approximate surface area is 156 Å². The Bertz CT molecular complexity index is 884. The topological polar surface area (TPSA) is 71.3 Å². The van der Waals surface area contributed by atoms with E-state index in [1.165, 1.54) is 4.88 Å². The summed E-state index contributed by atoms with van der Waals surface area (Å²) in [4.78, 5) is 22.4. The Hall–Kier alpha value is -1.96. The summed E-state index contributed by atoms with van der Waals surface area (Å²) >= 11 is 1.57. The number of nitrogens with one attached hydrogen (secondary N) is 2. The highest BCUT2D eigenvalue weighted by atomic mass is 35.5. The van der Waals surface area contributed by atoms with Crippen molar-refractivity contribution in [2.24, 2.45) is 0 Å². The first-order chi connectivity index (χ1) is 11.7. The van der Waals surface area contributed by atoms with Crippen molar-refractivity contribution in [3.05, 3.63) is 46.9 Å². The van der Waals surface area contributed by atoms with E-state index in [1.54, 1.807) is 17.5 Å². The Morgan fingerprint density at radius 1 is 1.40 bits per heavy atom. The normalized spacial score (nSPS) is 15.1. The molecular weight excluding hydrogens is 358 g/mol. The Balaban J connectivity index is 0.00000182. The number of carbonyl (C=O) groups excluding carboxylic acids is 1. The average Bonchev–Trinajstić information content (AvgIpc) is 3.22. The number of pyridine rings is 1. The van der Waals surface area contributed by atoms with Gasteiger partial charge in [0.25, 0.3) is 5.91 Å². The van der Waals surface area contributed by atoms with Gasteiger partial charge >= 0.3 is 0 Å². The molecule has 6 nitrogen and oxygen atoms in total. The highest BCUT2D eigenvalue weighted by Crippen LogP contribution is 2.31. The molecule has 4 heterocycles. The summed E-state index contributed by atoms with van der Waals surface area (Å²) in [6.45, 7) is 4.10. The lowest BCUT2D eigenvalue weighted by molar-refractivity contribution is 0.102. The number of nitrogens with zero attached hydrogens (tertiary/aromatic N) is 3. The van der Waals surface area contributed by atoms with Crippen LogP contribution in [0.1, 0.15) is 39.7 Å². The molecule has 3 aromatic rings. The molecule has 0 aromatic carbocycles. The van der Waals surface area contributed by atoms with Gasteiger partial charge in [-0.25, -0.2) is 9.97 Å². The summed E-state index contributed by atoms with van der Waals surface area (Å²) in [7, 11) is 0. The van der Waals surface area contributed by atoms with Crippen molar-refractivity contribution in [1.29, 1.82) is 0 Å². The third-order valence-corrected chi connectivity index (χ3v) is 5.41. The number of aryl methyl sites for hydroxylation is 1. The van der Waals surface area contributed by atoms with Gasteiger partial charge in [0.15, 0.2) is 5.13 Å². The second-order valence-electron chi connectivity index (χ2n) is 6.14. The van der Waals surface area contributed by atoms with Crippen molar-refractivity contribution in [3.63, 3.8) is 0 Å². The van der Waals surface area contributed by atoms with Crippen molar-refractivity contribution in [3.8, 4) is 0 Å². The number of hydrogen-bond donors (Lipinski definition) is 2. The van der Waals surface area contributed by atoms with E-state index in [0.717, 1.165) is 37.1 Å². The molecule has 1 fully saturated rings. The first-order valence-electron chi connectivity index (χ1n) is 8.12. The summed E-state index contributed by atoms with van der Waals surface area (Å²) in [6, 6.07) is 3.94. The standard InChI is InChI=1S/C17H19N5OS.ClH/c1-11-4-7-22-10-13(20-15(22)8-11)16(23)21-17-19-9-14(24-17)12-2-5-18-6-3-12;/h4,7-10,12,18H,2-3,5-6H2,1H3,(H,19,21,23);1H. The van der Waals surface area contributed by atoms with E-state index in [1.807, 2.05) is 35.9 Å². The number of hydrogen-bond acceptors (Lipinski definition) is 5. The molecule has 0 bridgehead atoms. The smallest absolute Gasteiger partial charge is 0.277 e. The molecule has 1 aliphatic rings. The minimum Gasteiger partial charge on any atom is -0.317 e. The van der Waals surface area contributed by atoms with E-state index < -0.39 is 0 Å². The van der Waals surface area contributed by atoms with Gasteiger partial charge < -0.3 is 9.72 Å². The fraction of sp³-hybridized carbons (Fsp3) is 0.353. The van der Waals surface area contributed by atoms with Crippen LogP contribution in [-0.2, 0) is 0 Å². The number of amides is 1. The summed E-state index contributed by atoms with van der Waals surface area (Å²) < 4.78 is 1.85. The van der Waals surface area contributed by atoms with E-state index in [9.17, 15) is 4.79 Å². The lowest BCUT2D eigenvalue weighted by atomic mass is 9.97. The van der Waals surface area contributed by atoms with Crippen molar-refractivity contribution in [1.82, 2.24) is 19.7 Å². The van der Waals surface area contributed by atoms with Gasteiger partial charge in [-0.05, 0) is 56.5 Å². The minimum atomic E-state index is -0.220. The van der Waals surface area contributed by atoms with Crippen LogP contribution in [0.25, 0.3) is 5.65 Å². The molecule has 1 saturated heterocycles. The fourth-order valence-corrected chi connectivity index (χ4v) is 3.97. The minimum absolute atomic E-state index is 0. The van der Waals surface area contributed by atoms with Crippen LogP contribution in [0.15, 0.2) is 30.7 Å². The van der Waals surface area contributed by atoms with Gasteiger partial charge in [0.05, 0.1) is 0 Å². The maximum absolute atomic E-state index is 12.4. The number of aromatic nitrogens is 3. The van der Waals surface area contributed by atoms with Crippen LogP contribution in [0.4, 0.5) is 5.13 Å². The third-order valence-electron chi connectivity index (χ3n) is 4.33. The van der Waals surface area contributed by atoms with E-state index in [0.29, 0.717) is 16.7 Å². The van der Waals surface area contributed by atoms with E-state index >= 15 is 0 Å². The molecule has 25 heavy (non-hydrogen) atoms. The Morgan fingerprint density at radius 3 is 3.00 bits per heavy atom. The molecule has 4 rings (SSSR count). The quantitative estimate of drug-likeness (QED) is 0.735. The predicted molar refractivity (Wildman–Crippen MR) is 102 cm³/mol. The van der Waals surface area contributed by atoms with Crippen molar-refractivity contribution < 1.29 is 4.79 Å². The van der Waals surface area contributed by atoms with Crippen LogP contribution in [0, 0.1) is 6.92 Å². The maximum atomic E-state index is 12.4. The average molecular weight is 378 g/mol. The van der Waals surface area contributed by atoms with Crippen LogP contribution in [0.3, 0.4) is 0 Å². The summed E-state index contributed by atoms with van der Waals surface area (Å²) in [5.41, 5.74) is 2.29. The Morgan fingerprint density at radius 2 is 2.20 bits per heavy atom. The molecular formula is C17H20ClN5OS. The number of halogens is 1. The molecule has 0 atom stereocenters. The second kappa shape index (κ2) is 7.51. The Kier molecular flexibility index (Phi) is 5.36. The van der Waals surface area contributed by atoms with Crippen molar-refractivity contribution in [2.75, 3.05) is 18.4 Å². The fourth-order valence-electron chi connectivity index (χ4n) is 2.99. The van der Waals surface area contributed by atoms with Crippen LogP contribution in [0.2, 0.25) is 0 Å². The first kappa shape index (κ1) is 17.8. The number of thiazole rings is 1. The number of rotatable bonds is 3. The van der Waals surface area contributed by atoms with Crippen molar-refractivity contribution in [2.45, 2.75) is 25.7 Å². The van der Waals surface area contributed by atoms with Gasteiger partial charge in [0.2, 0.25) is 0 Å². The van der Waals surface area contributed by atoms with Crippen LogP contribution in [0.5, 0.6) is 0 Å². The molecule has 0 saturated carbocycles. The van der Waals surface area contributed by atoms with Crippen LogP contribution in [-0.4, -0.2) is 33.4 Å². The van der Waals surface area contributed by atoms with E-state index in [4.69, 9.17) is 0 Å².